The zero-order chi connectivity index (χ0) is 18.0. The molecule has 0 bridgehead atoms. The number of urea groups is 1. The number of carboxylic acid groups (broad SMARTS) is 1. The summed E-state index contributed by atoms with van der Waals surface area (Å²) >= 11 is 0. The van der Waals surface area contributed by atoms with Crippen LogP contribution >= 0.6 is 0 Å². The summed E-state index contributed by atoms with van der Waals surface area (Å²) in [6, 6.07) is 3.59. The van der Waals surface area contributed by atoms with Crippen molar-refractivity contribution in [2.75, 3.05) is 25.2 Å². The van der Waals surface area contributed by atoms with Gasteiger partial charge in [-0.2, -0.15) is 0 Å². The highest BCUT2D eigenvalue weighted by Gasteiger charge is 2.34. The van der Waals surface area contributed by atoms with Crippen molar-refractivity contribution in [3.63, 3.8) is 0 Å². The third-order valence-electron chi connectivity index (χ3n) is 4.68. The molecule has 2 aliphatic rings. The van der Waals surface area contributed by atoms with Crippen LogP contribution < -0.4 is 20.1 Å². The van der Waals surface area contributed by atoms with E-state index in [0.29, 0.717) is 23.7 Å². The van der Waals surface area contributed by atoms with Gasteiger partial charge in [-0.1, -0.05) is 6.92 Å². The van der Waals surface area contributed by atoms with E-state index in [2.05, 4.69) is 10.6 Å². The Bertz CT molecular complexity index is 672. The number of fused-ring (bicyclic) bond motifs is 1. The maximum atomic E-state index is 12.2. The lowest BCUT2D eigenvalue weighted by atomic mass is 9.85. The lowest BCUT2D eigenvalue weighted by Gasteiger charge is -2.42. The minimum atomic E-state index is -0.825. The Balaban J connectivity index is 1.49. The van der Waals surface area contributed by atoms with Gasteiger partial charge in [-0.25, -0.2) is 4.79 Å². The molecule has 0 unspecified atom stereocenters. The van der Waals surface area contributed by atoms with Crippen molar-refractivity contribution in [2.45, 2.75) is 38.8 Å². The molecule has 8 nitrogen and oxygen atoms in total. The zero-order valence-corrected chi connectivity index (χ0v) is 14.4. The minimum Gasteiger partial charge on any atom is -0.480 e. The van der Waals surface area contributed by atoms with E-state index in [0.717, 1.165) is 18.4 Å². The molecular formula is C17H23N3O5. The number of benzene rings is 1. The molecule has 1 aliphatic heterocycles. The Morgan fingerprint density at radius 1 is 1.28 bits per heavy atom. The SMILES string of the molecule is CCN(CC(=O)O)C1CC(NC(=O)Nc2cc3c(cc2C)OCO3)C1. The Morgan fingerprint density at radius 3 is 2.60 bits per heavy atom. The Hall–Kier alpha value is -2.48. The van der Waals surface area contributed by atoms with Crippen LogP contribution in [0.2, 0.25) is 0 Å². The number of anilines is 1. The molecule has 0 saturated heterocycles. The maximum Gasteiger partial charge on any atom is 0.319 e. The zero-order valence-electron chi connectivity index (χ0n) is 14.4. The van der Waals surface area contributed by atoms with Crippen LogP contribution in [0.5, 0.6) is 11.5 Å². The maximum absolute atomic E-state index is 12.2. The Kier molecular flexibility index (Phi) is 4.98. The molecule has 136 valence electrons. The second-order valence-corrected chi connectivity index (χ2v) is 6.40. The van der Waals surface area contributed by atoms with E-state index in [1.54, 1.807) is 6.07 Å². The molecule has 3 rings (SSSR count). The summed E-state index contributed by atoms with van der Waals surface area (Å²) < 4.78 is 10.6. The molecule has 8 heteroatoms. The first kappa shape index (κ1) is 17.3. The molecule has 25 heavy (non-hydrogen) atoms. The minimum absolute atomic E-state index is 0.0382. The smallest absolute Gasteiger partial charge is 0.319 e. The van der Waals surface area contributed by atoms with E-state index in [-0.39, 0.29) is 31.5 Å². The molecule has 1 saturated carbocycles. The van der Waals surface area contributed by atoms with E-state index >= 15 is 0 Å². The summed E-state index contributed by atoms with van der Waals surface area (Å²) in [7, 11) is 0. The second kappa shape index (κ2) is 7.18. The molecule has 2 amide bonds. The van der Waals surface area contributed by atoms with E-state index < -0.39 is 5.97 Å². The van der Waals surface area contributed by atoms with Crippen molar-refractivity contribution >= 4 is 17.7 Å². The third kappa shape index (κ3) is 3.96. The molecule has 1 aromatic carbocycles. The number of nitrogens with zero attached hydrogens (tertiary/aromatic N) is 1. The van der Waals surface area contributed by atoms with Crippen molar-refractivity contribution in [1.29, 1.82) is 0 Å². The summed E-state index contributed by atoms with van der Waals surface area (Å²) in [5.41, 5.74) is 1.57. The van der Waals surface area contributed by atoms with Gasteiger partial charge in [-0.05, 0) is 37.9 Å². The molecule has 0 radical (unpaired) electrons. The summed E-state index contributed by atoms with van der Waals surface area (Å²) in [5, 5.41) is 14.7. The molecule has 3 N–H and O–H groups in total. The van der Waals surface area contributed by atoms with Gasteiger partial charge in [0.05, 0.1) is 6.54 Å². The fraction of sp³-hybridized carbons (Fsp3) is 0.529. The molecule has 1 fully saturated rings. The topological polar surface area (TPSA) is 100 Å². The van der Waals surface area contributed by atoms with Crippen LogP contribution in [0, 0.1) is 6.92 Å². The fourth-order valence-corrected chi connectivity index (χ4v) is 3.20. The summed E-state index contributed by atoms with van der Waals surface area (Å²) in [6.07, 6.45) is 1.52. The molecule has 0 spiro atoms. The lowest BCUT2D eigenvalue weighted by Crippen LogP contribution is -2.55. The van der Waals surface area contributed by atoms with Crippen LogP contribution in [-0.4, -0.2) is 54.0 Å². The number of ether oxygens (including phenoxy) is 2. The van der Waals surface area contributed by atoms with Crippen molar-refractivity contribution in [3.05, 3.63) is 17.7 Å². The lowest BCUT2D eigenvalue weighted by molar-refractivity contribution is -0.139. The number of hydrogen-bond donors (Lipinski definition) is 3. The van der Waals surface area contributed by atoms with Crippen molar-refractivity contribution in [3.8, 4) is 11.5 Å². The van der Waals surface area contributed by atoms with Gasteiger partial charge in [0.15, 0.2) is 11.5 Å². The third-order valence-corrected chi connectivity index (χ3v) is 4.68. The summed E-state index contributed by atoms with van der Waals surface area (Å²) in [5.74, 6) is 0.481. The van der Waals surface area contributed by atoms with Crippen molar-refractivity contribution in [2.24, 2.45) is 0 Å². The number of amides is 2. The number of rotatable bonds is 6. The van der Waals surface area contributed by atoms with Gasteiger partial charge in [0.1, 0.15) is 0 Å². The van der Waals surface area contributed by atoms with Crippen LogP contribution in [0.4, 0.5) is 10.5 Å². The van der Waals surface area contributed by atoms with E-state index in [1.165, 1.54) is 0 Å². The standard InChI is InChI=1S/C17H23N3O5/c1-3-20(8-16(21)22)12-5-11(6-12)18-17(23)19-13-7-15-14(4-10(13)2)24-9-25-15/h4,7,11-12H,3,5-6,8-9H2,1-2H3,(H,21,22)(H2,18,19,23). The van der Waals surface area contributed by atoms with Gasteiger partial charge in [0.25, 0.3) is 0 Å². The van der Waals surface area contributed by atoms with Gasteiger partial charge < -0.3 is 25.2 Å². The summed E-state index contributed by atoms with van der Waals surface area (Å²) in [6.45, 7) is 4.75. The number of hydrogen-bond acceptors (Lipinski definition) is 5. The predicted octanol–water partition coefficient (Wildman–Crippen LogP) is 1.78. The molecule has 0 atom stereocenters. The normalized spacial score (nSPS) is 20.9. The first-order valence-electron chi connectivity index (χ1n) is 8.40. The highest BCUT2D eigenvalue weighted by molar-refractivity contribution is 5.91. The quantitative estimate of drug-likeness (QED) is 0.724. The molecule has 0 aromatic heterocycles. The largest absolute Gasteiger partial charge is 0.480 e. The van der Waals surface area contributed by atoms with Crippen LogP contribution in [0.3, 0.4) is 0 Å². The molecule has 1 aromatic rings. The van der Waals surface area contributed by atoms with Crippen LogP contribution in [0.25, 0.3) is 0 Å². The first-order chi connectivity index (χ1) is 12.0. The summed E-state index contributed by atoms with van der Waals surface area (Å²) in [4.78, 5) is 25.0. The fourth-order valence-electron chi connectivity index (χ4n) is 3.20. The molecule has 1 heterocycles. The number of nitrogens with one attached hydrogen (secondary N) is 2. The monoisotopic (exact) mass is 349 g/mol. The van der Waals surface area contributed by atoms with Gasteiger partial charge in [-0.3, -0.25) is 9.69 Å². The van der Waals surface area contributed by atoms with E-state index in [4.69, 9.17) is 14.6 Å². The predicted molar refractivity (Wildman–Crippen MR) is 91.1 cm³/mol. The van der Waals surface area contributed by atoms with Gasteiger partial charge >= 0.3 is 12.0 Å². The van der Waals surface area contributed by atoms with E-state index in [1.807, 2.05) is 24.8 Å². The van der Waals surface area contributed by atoms with Gasteiger partial charge in [-0.15, -0.1) is 0 Å². The number of likely N-dealkylation sites (N-methyl/N-ethyl adjacent to an activating group) is 1. The first-order valence-corrected chi connectivity index (χ1v) is 8.40. The Morgan fingerprint density at radius 2 is 1.96 bits per heavy atom. The molecular weight excluding hydrogens is 326 g/mol. The van der Waals surface area contributed by atoms with Crippen molar-refractivity contribution < 1.29 is 24.2 Å². The van der Waals surface area contributed by atoms with Crippen LogP contribution in [-0.2, 0) is 4.79 Å². The number of aryl methyl sites for hydroxylation is 1. The average molecular weight is 349 g/mol. The number of carbonyl (C=O) groups is 2. The van der Waals surface area contributed by atoms with E-state index in [9.17, 15) is 9.59 Å². The van der Waals surface area contributed by atoms with Gasteiger partial charge in [0, 0.05) is 23.8 Å². The highest BCUT2D eigenvalue weighted by atomic mass is 16.7. The van der Waals surface area contributed by atoms with Gasteiger partial charge in [0.2, 0.25) is 6.79 Å². The average Bonchev–Trinajstić information content (AvgIpc) is 2.95. The number of aliphatic carboxylic acids is 1. The molecule has 1 aliphatic carbocycles. The van der Waals surface area contributed by atoms with Crippen LogP contribution in [0.1, 0.15) is 25.3 Å². The Labute approximate surface area is 146 Å². The highest BCUT2D eigenvalue weighted by Crippen LogP contribution is 2.36. The number of carboxylic acids is 1. The van der Waals surface area contributed by atoms with Crippen LogP contribution in [0.15, 0.2) is 12.1 Å². The van der Waals surface area contributed by atoms with Crippen molar-refractivity contribution in [1.82, 2.24) is 10.2 Å². The second-order valence-electron chi connectivity index (χ2n) is 6.40. The number of carbonyl (C=O) groups excluding carboxylic acids is 1.